The number of phenolic OH excluding ortho intramolecular Hbond substituents is 1. The molecule has 1 heterocycles. The second-order valence-corrected chi connectivity index (χ2v) is 5.34. The highest BCUT2D eigenvalue weighted by molar-refractivity contribution is 5.95. The van der Waals surface area contributed by atoms with E-state index in [1.165, 1.54) is 6.07 Å². The second kappa shape index (κ2) is 4.91. The van der Waals surface area contributed by atoms with Crippen LogP contribution in [0.3, 0.4) is 0 Å². The number of aromatic nitrogens is 1. The smallest absolute Gasteiger partial charge is 0.343 e. The summed E-state index contributed by atoms with van der Waals surface area (Å²) in [5, 5.41) is 10.3. The molecule has 1 aromatic carbocycles. The average molecular weight is 287 g/mol. The van der Waals surface area contributed by atoms with Gasteiger partial charge in [-0.2, -0.15) is 0 Å². The number of phenols is 1. The van der Waals surface area contributed by atoms with E-state index in [-0.39, 0.29) is 29.4 Å². The summed E-state index contributed by atoms with van der Waals surface area (Å²) in [6.45, 7) is 3.72. The Hall–Kier alpha value is -2.30. The molecule has 1 aliphatic carbocycles. The lowest BCUT2D eigenvalue weighted by atomic mass is 10.1. The first-order valence-electron chi connectivity index (χ1n) is 7.09. The van der Waals surface area contributed by atoms with E-state index in [0.717, 1.165) is 12.8 Å². The van der Waals surface area contributed by atoms with Gasteiger partial charge < -0.3 is 14.4 Å². The number of rotatable bonds is 3. The summed E-state index contributed by atoms with van der Waals surface area (Å²) < 4.78 is 6.89. The van der Waals surface area contributed by atoms with Gasteiger partial charge in [-0.25, -0.2) is 4.79 Å². The van der Waals surface area contributed by atoms with E-state index in [0.29, 0.717) is 16.5 Å². The van der Waals surface area contributed by atoms with Gasteiger partial charge in [-0.05, 0) is 38.8 Å². The van der Waals surface area contributed by atoms with Gasteiger partial charge in [-0.1, -0.05) is 0 Å². The predicted molar refractivity (Wildman–Crippen MR) is 78.8 cm³/mol. The summed E-state index contributed by atoms with van der Waals surface area (Å²) in [6, 6.07) is 3.34. The minimum absolute atomic E-state index is 0.0568. The Bertz CT molecular complexity index is 787. The molecule has 0 unspecified atom stereocenters. The van der Waals surface area contributed by atoms with Crippen LogP contribution in [0, 0.1) is 6.92 Å². The lowest BCUT2D eigenvalue weighted by molar-refractivity contribution is 0.0524. The van der Waals surface area contributed by atoms with E-state index in [1.807, 2.05) is 4.57 Å². The molecule has 5 nitrogen and oxygen atoms in total. The molecule has 21 heavy (non-hydrogen) atoms. The van der Waals surface area contributed by atoms with Crippen molar-refractivity contribution in [2.75, 3.05) is 6.61 Å². The molecule has 0 radical (unpaired) electrons. The van der Waals surface area contributed by atoms with E-state index >= 15 is 0 Å². The monoisotopic (exact) mass is 287 g/mol. The molecule has 0 atom stereocenters. The Morgan fingerprint density at radius 1 is 1.43 bits per heavy atom. The maximum Gasteiger partial charge on any atom is 0.343 e. The molecular formula is C16H17NO4. The molecule has 1 N–H and O–H groups in total. The molecule has 1 aromatic heterocycles. The van der Waals surface area contributed by atoms with Crippen LogP contribution >= 0.6 is 0 Å². The minimum atomic E-state index is -0.593. The van der Waals surface area contributed by atoms with Crippen LogP contribution in [0.15, 0.2) is 23.1 Å². The Balaban J connectivity index is 2.34. The molecule has 0 amide bonds. The number of ether oxygens (including phenoxy) is 1. The van der Waals surface area contributed by atoms with Crippen molar-refractivity contribution in [2.24, 2.45) is 0 Å². The van der Waals surface area contributed by atoms with Crippen LogP contribution in [0.2, 0.25) is 0 Å². The van der Waals surface area contributed by atoms with Crippen LogP contribution in [0.25, 0.3) is 10.9 Å². The number of aromatic hydroxyl groups is 1. The Labute approximate surface area is 121 Å². The van der Waals surface area contributed by atoms with Gasteiger partial charge in [0.15, 0.2) is 0 Å². The number of benzene rings is 1. The molecule has 1 saturated carbocycles. The van der Waals surface area contributed by atoms with Gasteiger partial charge in [0.1, 0.15) is 11.3 Å². The van der Waals surface area contributed by atoms with Gasteiger partial charge in [-0.15, -0.1) is 0 Å². The van der Waals surface area contributed by atoms with Crippen LogP contribution in [0.4, 0.5) is 0 Å². The molecule has 1 fully saturated rings. The number of carbonyl (C=O) groups excluding carboxylic acids is 1. The maximum absolute atomic E-state index is 12.5. The zero-order valence-corrected chi connectivity index (χ0v) is 12.0. The van der Waals surface area contributed by atoms with E-state index in [4.69, 9.17) is 4.74 Å². The fraction of sp³-hybridized carbons (Fsp3) is 0.375. The topological polar surface area (TPSA) is 68.5 Å². The summed E-state index contributed by atoms with van der Waals surface area (Å²) in [4.78, 5) is 24.5. The van der Waals surface area contributed by atoms with E-state index in [1.54, 1.807) is 26.1 Å². The van der Waals surface area contributed by atoms with Crippen LogP contribution < -0.4 is 5.43 Å². The number of hydrogen-bond acceptors (Lipinski definition) is 4. The third kappa shape index (κ3) is 2.18. The Kier molecular flexibility index (Phi) is 3.20. The molecule has 110 valence electrons. The Morgan fingerprint density at radius 2 is 2.14 bits per heavy atom. The van der Waals surface area contributed by atoms with Crippen molar-refractivity contribution >= 4 is 16.9 Å². The van der Waals surface area contributed by atoms with E-state index in [2.05, 4.69) is 0 Å². The molecule has 2 aromatic rings. The minimum Gasteiger partial charge on any atom is -0.508 e. The van der Waals surface area contributed by atoms with Crippen LogP contribution in [-0.2, 0) is 4.74 Å². The number of aryl methyl sites for hydroxylation is 1. The SMILES string of the molecule is CCOC(=O)c1cn(C2CC2)c2c(C)c(O)ccc2c1=O. The molecule has 0 spiro atoms. The van der Waals surface area contributed by atoms with Crippen LogP contribution in [0.5, 0.6) is 5.75 Å². The number of hydrogen-bond donors (Lipinski definition) is 1. The number of fused-ring (bicyclic) bond motifs is 1. The van der Waals surface area contributed by atoms with Crippen molar-refractivity contribution in [3.63, 3.8) is 0 Å². The lowest BCUT2D eigenvalue weighted by Gasteiger charge is -2.15. The largest absolute Gasteiger partial charge is 0.508 e. The third-order valence-corrected chi connectivity index (χ3v) is 3.85. The molecule has 1 aliphatic rings. The van der Waals surface area contributed by atoms with Crippen molar-refractivity contribution in [1.82, 2.24) is 4.57 Å². The number of nitrogens with zero attached hydrogens (tertiary/aromatic N) is 1. The molecule has 0 aliphatic heterocycles. The van der Waals surface area contributed by atoms with Gasteiger partial charge in [0, 0.05) is 23.2 Å². The molecule has 0 saturated heterocycles. The summed E-state index contributed by atoms with van der Waals surface area (Å²) in [5.41, 5.74) is 1.08. The van der Waals surface area contributed by atoms with E-state index in [9.17, 15) is 14.7 Å². The maximum atomic E-state index is 12.5. The summed E-state index contributed by atoms with van der Waals surface area (Å²) in [7, 11) is 0. The zero-order chi connectivity index (χ0) is 15.1. The van der Waals surface area contributed by atoms with Gasteiger partial charge in [0.05, 0.1) is 12.1 Å². The number of carbonyl (C=O) groups is 1. The predicted octanol–water partition coefficient (Wildman–Crippen LogP) is 2.53. The van der Waals surface area contributed by atoms with Gasteiger partial charge >= 0.3 is 5.97 Å². The van der Waals surface area contributed by atoms with Crippen molar-refractivity contribution in [3.05, 3.63) is 39.7 Å². The lowest BCUT2D eigenvalue weighted by Crippen LogP contribution is -2.21. The van der Waals surface area contributed by atoms with Gasteiger partial charge in [0.25, 0.3) is 0 Å². The van der Waals surface area contributed by atoms with Crippen molar-refractivity contribution in [2.45, 2.75) is 32.7 Å². The van der Waals surface area contributed by atoms with Gasteiger partial charge in [-0.3, -0.25) is 4.79 Å². The van der Waals surface area contributed by atoms with Gasteiger partial charge in [0.2, 0.25) is 5.43 Å². The first-order valence-corrected chi connectivity index (χ1v) is 7.09. The molecule has 3 rings (SSSR count). The molecular weight excluding hydrogens is 270 g/mol. The summed E-state index contributed by atoms with van der Waals surface area (Å²) >= 11 is 0. The fourth-order valence-electron chi connectivity index (χ4n) is 2.61. The highest BCUT2D eigenvalue weighted by atomic mass is 16.5. The molecule has 0 bridgehead atoms. The highest BCUT2D eigenvalue weighted by Gasteiger charge is 2.28. The van der Waals surface area contributed by atoms with Crippen LogP contribution in [-0.4, -0.2) is 22.2 Å². The summed E-state index contributed by atoms with van der Waals surface area (Å²) in [6.07, 6.45) is 3.59. The quantitative estimate of drug-likeness (QED) is 0.881. The van der Waals surface area contributed by atoms with Crippen LogP contribution in [0.1, 0.15) is 41.7 Å². The van der Waals surface area contributed by atoms with E-state index < -0.39 is 5.97 Å². The van der Waals surface area contributed by atoms with Crippen molar-refractivity contribution < 1.29 is 14.6 Å². The zero-order valence-electron chi connectivity index (χ0n) is 12.0. The normalized spacial score (nSPS) is 14.4. The average Bonchev–Trinajstić information content (AvgIpc) is 3.28. The second-order valence-electron chi connectivity index (χ2n) is 5.34. The third-order valence-electron chi connectivity index (χ3n) is 3.85. The number of pyridine rings is 1. The summed E-state index contributed by atoms with van der Waals surface area (Å²) in [5.74, 6) is -0.440. The first kappa shape index (κ1) is 13.7. The first-order chi connectivity index (χ1) is 10.0. The standard InChI is InChI=1S/C16H17NO4/c1-3-21-16(20)12-8-17(10-4-5-10)14-9(2)13(18)7-6-11(14)15(12)19/h6-8,10,18H,3-5H2,1-2H3. The fourth-order valence-corrected chi connectivity index (χ4v) is 2.61. The highest BCUT2D eigenvalue weighted by Crippen LogP contribution is 2.38. The molecule has 5 heteroatoms. The van der Waals surface area contributed by atoms with Crippen molar-refractivity contribution in [1.29, 1.82) is 0 Å². The van der Waals surface area contributed by atoms with Crippen molar-refractivity contribution in [3.8, 4) is 5.75 Å². The Morgan fingerprint density at radius 3 is 2.76 bits per heavy atom. The number of esters is 1.